The number of halogens is 2. The van der Waals surface area contributed by atoms with Crippen molar-refractivity contribution in [1.82, 2.24) is 14.5 Å². The monoisotopic (exact) mass is 387 g/mol. The molecule has 0 atom stereocenters. The van der Waals surface area contributed by atoms with E-state index < -0.39 is 0 Å². The van der Waals surface area contributed by atoms with E-state index in [2.05, 4.69) is 27.7 Å². The summed E-state index contributed by atoms with van der Waals surface area (Å²) < 4.78 is 2.32. The summed E-state index contributed by atoms with van der Waals surface area (Å²) in [4.78, 5) is 7.46. The van der Waals surface area contributed by atoms with E-state index in [1.165, 1.54) is 31.4 Å². The smallest absolute Gasteiger partial charge is 0.110 e. The van der Waals surface area contributed by atoms with Crippen LogP contribution in [0.5, 0.6) is 0 Å². The quantitative estimate of drug-likeness (QED) is 0.562. The van der Waals surface area contributed by atoms with Gasteiger partial charge in [-0.2, -0.15) is 0 Å². The first-order valence-corrected chi connectivity index (χ1v) is 10.1. The molecule has 0 spiro atoms. The third-order valence-electron chi connectivity index (χ3n) is 5.13. The molecule has 136 valence electrons. The van der Waals surface area contributed by atoms with Crippen molar-refractivity contribution in [2.24, 2.45) is 0 Å². The molecule has 4 rings (SSSR count). The maximum absolute atomic E-state index is 6.21. The Morgan fingerprint density at radius 3 is 2.58 bits per heavy atom. The Morgan fingerprint density at radius 2 is 1.77 bits per heavy atom. The molecule has 0 radical (unpaired) electrons. The maximum Gasteiger partial charge on any atom is 0.110 e. The summed E-state index contributed by atoms with van der Waals surface area (Å²) in [6, 6.07) is 14.2. The van der Waals surface area contributed by atoms with Gasteiger partial charge in [-0.15, -0.1) is 0 Å². The number of hydrogen-bond acceptors (Lipinski definition) is 2. The third kappa shape index (κ3) is 3.90. The van der Waals surface area contributed by atoms with Crippen LogP contribution in [0.2, 0.25) is 10.0 Å². The van der Waals surface area contributed by atoms with Crippen LogP contribution in [-0.4, -0.2) is 34.1 Å². The number of aromatic nitrogens is 2. The second kappa shape index (κ2) is 7.99. The number of imidazole rings is 1. The van der Waals surface area contributed by atoms with E-state index in [4.69, 9.17) is 28.2 Å². The fraction of sp³-hybridized carbons (Fsp3) is 0.381. The van der Waals surface area contributed by atoms with E-state index in [1.54, 1.807) is 0 Å². The molecule has 1 aliphatic heterocycles. The van der Waals surface area contributed by atoms with Crippen LogP contribution in [0.3, 0.4) is 0 Å². The van der Waals surface area contributed by atoms with E-state index in [9.17, 15) is 0 Å². The van der Waals surface area contributed by atoms with Crippen molar-refractivity contribution in [2.75, 3.05) is 19.6 Å². The van der Waals surface area contributed by atoms with Gasteiger partial charge in [0, 0.05) is 13.0 Å². The molecule has 0 aliphatic carbocycles. The highest BCUT2D eigenvalue weighted by atomic mass is 35.5. The molecule has 1 aromatic heterocycles. The van der Waals surface area contributed by atoms with Crippen LogP contribution in [0, 0.1) is 0 Å². The second-order valence-electron chi connectivity index (χ2n) is 7.00. The van der Waals surface area contributed by atoms with Gasteiger partial charge in [-0.25, -0.2) is 4.98 Å². The highest BCUT2D eigenvalue weighted by Crippen LogP contribution is 2.25. The Bertz CT molecular complexity index is 897. The molecule has 5 heteroatoms. The van der Waals surface area contributed by atoms with Crippen LogP contribution in [0.15, 0.2) is 42.5 Å². The summed E-state index contributed by atoms with van der Waals surface area (Å²) in [5, 5.41) is 1.20. The minimum absolute atomic E-state index is 0.594. The van der Waals surface area contributed by atoms with Crippen LogP contribution in [0.1, 0.15) is 30.7 Å². The van der Waals surface area contributed by atoms with Crippen molar-refractivity contribution in [2.45, 2.75) is 32.2 Å². The van der Waals surface area contributed by atoms with Gasteiger partial charge in [0.25, 0.3) is 0 Å². The normalized spacial score (nSPS) is 15.2. The first-order chi connectivity index (χ1) is 12.7. The number of aryl methyl sites for hydroxylation is 1. The summed E-state index contributed by atoms with van der Waals surface area (Å²) >= 11 is 12.3. The molecule has 26 heavy (non-hydrogen) atoms. The molecule has 2 heterocycles. The number of hydrogen-bond donors (Lipinski definition) is 0. The predicted octanol–water partition coefficient (Wildman–Crippen LogP) is 5.42. The van der Waals surface area contributed by atoms with Crippen LogP contribution >= 0.6 is 23.2 Å². The van der Waals surface area contributed by atoms with E-state index in [-0.39, 0.29) is 0 Å². The fourth-order valence-corrected chi connectivity index (χ4v) is 4.10. The summed E-state index contributed by atoms with van der Waals surface area (Å²) in [6.07, 6.45) is 4.82. The number of benzene rings is 2. The Labute approximate surface area is 164 Å². The number of rotatable bonds is 6. The summed E-state index contributed by atoms with van der Waals surface area (Å²) in [5.74, 6) is 1.15. The van der Waals surface area contributed by atoms with Gasteiger partial charge in [0.05, 0.1) is 21.1 Å². The molecule has 1 saturated heterocycles. The van der Waals surface area contributed by atoms with Crippen LogP contribution in [-0.2, 0) is 13.0 Å². The zero-order chi connectivity index (χ0) is 17.9. The highest BCUT2D eigenvalue weighted by molar-refractivity contribution is 6.42. The van der Waals surface area contributed by atoms with Gasteiger partial charge in [-0.3, -0.25) is 0 Å². The molecular weight excluding hydrogens is 365 g/mol. The van der Waals surface area contributed by atoms with E-state index in [1.807, 2.05) is 24.3 Å². The van der Waals surface area contributed by atoms with Crippen LogP contribution in [0.4, 0.5) is 0 Å². The third-order valence-corrected chi connectivity index (χ3v) is 5.87. The van der Waals surface area contributed by atoms with Crippen molar-refractivity contribution in [3.8, 4) is 0 Å². The average Bonchev–Trinajstić information content (AvgIpc) is 3.27. The lowest BCUT2D eigenvalue weighted by molar-refractivity contribution is 0.332. The van der Waals surface area contributed by atoms with Gasteiger partial charge in [0.2, 0.25) is 0 Å². The Kier molecular flexibility index (Phi) is 5.49. The van der Waals surface area contributed by atoms with E-state index in [0.29, 0.717) is 10.0 Å². The topological polar surface area (TPSA) is 21.1 Å². The molecule has 0 N–H and O–H groups in total. The summed E-state index contributed by atoms with van der Waals surface area (Å²) in [7, 11) is 0. The molecule has 0 saturated carbocycles. The van der Waals surface area contributed by atoms with Crippen molar-refractivity contribution in [3.05, 3.63) is 63.9 Å². The van der Waals surface area contributed by atoms with Crippen LogP contribution < -0.4 is 0 Å². The van der Waals surface area contributed by atoms with Crippen molar-refractivity contribution in [1.29, 1.82) is 0 Å². The average molecular weight is 388 g/mol. The lowest BCUT2D eigenvalue weighted by Crippen LogP contribution is -2.21. The predicted molar refractivity (Wildman–Crippen MR) is 109 cm³/mol. The number of likely N-dealkylation sites (tertiary alicyclic amines) is 1. The minimum atomic E-state index is 0.594. The Balaban J connectivity index is 1.57. The zero-order valence-corrected chi connectivity index (χ0v) is 16.3. The SMILES string of the molecule is Clc1ccc(Cn2c(CCCN3CCCC3)nc3ccccc32)cc1Cl. The molecule has 1 fully saturated rings. The van der Waals surface area contributed by atoms with Gasteiger partial charge in [0.15, 0.2) is 0 Å². The number of fused-ring (bicyclic) bond motifs is 1. The molecule has 3 nitrogen and oxygen atoms in total. The fourth-order valence-electron chi connectivity index (χ4n) is 3.78. The lowest BCUT2D eigenvalue weighted by atomic mass is 10.2. The van der Waals surface area contributed by atoms with Crippen LogP contribution in [0.25, 0.3) is 11.0 Å². The van der Waals surface area contributed by atoms with Crippen molar-refractivity contribution < 1.29 is 0 Å². The number of nitrogens with zero attached hydrogens (tertiary/aromatic N) is 3. The van der Waals surface area contributed by atoms with Gasteiger partial charge >= 0.3 is 0 Å². The second-order valence-corrected chi connectivity index (χ2v) is 7.82. The molecule has 2 aromatic carbocycles. The molecule has 0 amide bonds. The minimum Gasteiger partial charge on any atom is -0.323 e. The van der Waals surface area contributed by atoms with Gasteiger partial charge in [0.1, 0.15) is 5.82 Å². The molecule has 0 bridgehead atoms. The van der Waals surface area contributed by atoms with Gasteiger partial charge in [-0.05, 0) is 68.7 Å². The molecular formula is C21H23Cl2N3. The summed E-state index contributed by atoms with van der Waals surface area (Å²) in [5.41, 5.74) is 3.38. The Hall–Kier alpha value is -1.55. The first kappa shape index (κ1) is 17.8. The molecule has 3 aromatic rings. The van der Waals surface area contributed by atoms with Gasteiger partial charge < -0.3 is 9.47 Å². The molecule has 1 aliphatic rings. The van der Waals surface area contributed by atoms with Crippen molar-refractivity contribution >= 4 is 34.2 Å². The Morgan fingerprint density at radius 1 is 0.962 bits per heavy atom. The standard InChI is InChI=1S/C21H23Cl2N3/c22-17-10-9-16(14-18(17)23)15-26-20-7-2-1-6-19(20)24-21(26)8-5-13-25-11-3-4-12-25/h1-2,6-7,9-10,14H,3-5,8,11-13,15H2. The van der Waals surface area contributed by atoms with Gasteiger partial charge in [-0.1, -0.05) is 41.4 Å². The van der Waals surface area contributed by atoms with E-state index in [0.717, 1.165) is 42.8 Å². The maximum atomic E-state index is 6.21. The lowest BCUT2D eigenvalue weighted by Gasteiger charge is -2.15. The number of para-hydroxylation sites is 2. The highest BCUT2D eigenvalue weighted by Gasteiger charge is 2.14. The van der Waals surface area contributed by atoms with E-state index >= 15 is 0 Å². The van der Waals surface area contributed by atoms with Crippen molar-refractivity contribution in [3.63, 3.8) is 0 Å². The molecule has 0 unspecified atom stereocenters. The first-order valence-electron chi connectivity index (χ1n) is 9.31. The zero-order valence-electron chi connectivity index (χ0n) is 14.8. The largest absolute Gasteiger partial charge is 0.323 e. The summed E-state index contributed by atoms with van der Waals surface area (Å²) in [6.45, 7) is 4.42.